The molecule has 0 saturated heterocycles. The minimum atomic E-state index is -0.198. The Morgan fingerprint density at radius 1 is 1.05 bits per heavy atom. The summed E-state index contributed by atoms with van der Waals surface area (Å²) >= 11 is 0. The summed E-state index contributed by atoms with van der Waals surface area (Å²) < 4.78 is 5.00. The van der Waals surface area contributed by atoms with Gasteiger partial charge in [-0.1, -0.05) is 65.8 Å². The molecule has 3 rings (SSSR count). The first-order chi connectivity index (χ1) is 10.8. The number of nitrogens with zero attached hydrogens (tertiary/aromatic N) is 1. The molecular weight excluding hydrogens is 276 g/mol. The van der Waals surface area contributed by atoms with Crippen LogP contribution in [-0.2, 0) is 0 Å². The maximum Gasteiger partial charge on any atom is 0.257 e. The van der Waals surface area contributed by atoms with Crippen LogP contribution in [0.15, 0.2) is 71.4 Å². The second kappa shape index (κ2) is 6.26. The molecule has 4 heteroatoms. The van der Waals surface area contributed by atoms with Crippen molar-refractivity contribution < 1.29 is 9.32 Å². The third kappa shape index (κ3) is 2.91. The van der Waals surface area contributed by atoms with Gasteiger partial charge in [0.1, 0.15) is 17.5 Å². The monoisotopic (exact) mass is 292 g/mol. The second-order valence-corrected chi connectivity index (χ2v) is 5.05. The lowest BCUT2D eigenvalue weighted by Crippen LogP contribution is -2.26. The van der Waals surface area contributed by atoms with Crippen LogP contribution < -0.4 is 5.32 Å². The lowest BCUT2D eigenvalue weighted by Gasteiger charge is -2.13. The molecular formula is C18H16N2O2. The average Bonchev–Trinajstić information content (AvgIpc) is 3.06. The van der Waals surface area contributed by atoms with E-state index < -0.39 is 0 Å². The van der Waals surface area contributed by atoms with E-state index >= 15 is 0 Å². The van der Waals surface area contributed by atoms with Crippen molar-refractivity contribution in [1.29, 1.82) is 0 Å². The topological polar surface area (TPSA) is 55.1 Å². The highest BCUT2D eigenvalue weighted by molar-refractivity contribution is 5.99. The molecule has 0 aliphatic heterocycles. The lowest BCUT2D eigenvalue weighted by molar-refractivity contribution is 0.0940. The van der Waals surface area contributed by atoms with Crippen molar-refractivity contribution in [1.82, 2.24) is 10.5 Å². The van der Waals surface area contributed by atoms with Crippen molar-refractivity contribution in [3.05, 3.63) is 78.1 Å². The van der Waals surface area contributed by atoms with Gasteiger partial charge in [-0.05, 0) is 12.5 Å². The zero-order valence-electron chi connectivity index (χ0n) is 12.2. The van der Waals surface area contributed by atoms with Gasteiger partial charge >= 0.3 is 0 Å². The van der Waals surface area contributed by atoms with Gasteiger partial charge < -0.3 is 9.84 Å². The van der Waals surface area contributed by atoms with Gasteiger partial charge in [0.15, 0.2) is 0 Å². The summed E-state index contributed by atoms with van der Waals surface area (Å²) in [6.45, 7) is 1.95. The molecule has 3 aromatic rings. The Balaban J connectivity index is 1.81. The molecule has 0 aliphatic rings. The molecule has 4 nitrogen and oxygen atoms in total. The Bertz CT molecular complexity index is 751. The van der Waals surface area contributed by atoms with Crippen LogP contribution in [-0.4, -0.2) is 11.1 Å². The van der Waals surface area contributed by atoms with Gasteiger partial charge in [-0.3, -0.25) is 4.79 Å². The number of amides is 1. The van der Waals surface area contributed by atoms with Crippen LogP contribution in [0.1, 0.15) is 28.9 Å². The Morgan fingerprint density at radius 2 is 1.68 bits per heavy atom. The summed E-state index contributed by atoms with van der Waals surface area (Å²) in [4.78, 5) is 12.5. The van der Waals surface area contributed by atoms with E-state index in [-0.39, 0.29) is 11.9 Å². The van der Waals surface area contributed by atoms with Crippen LogP contribution in [0.2, 0.25) is 0 Å². The van der Waals surface area contributed by atoms with Gasteiger partial charge in [-0.25, -0.2) is 0 Å². The van der Waals surface area contributed by atoms with E-state index in [4.69, 9.17) is 4.52 Å². The summed E-state index contributed by atoms with van der Waals surface area (Å²) in [5.41, 5.74) is 2.90. The fraction of sp³-hybridized carbons (Fsp3) is 0.111. The molecule has 1 atom stereocenters. The van der Waals surface area contributed by atoms with Crippen LogP contribution >= 0.6 is 0 Å². The average molecular weight is 292 g/mol. The van der Waals surface area contributed by atoms with E-state index in [0.717, 1.165) is 11.1 Å². The number of nitrogens with one attached hydrogen (secondary N) is 1. The van der Waals surface area contributed by atoms with Crippen LogP contribution in [0.4, 0.5) is 0 Å². The van der Waals surface area contributed by atoms with Crippen LogP contribution in [0.3, 0.4) is 0 Å². The molecule has 110 valence electrons. The smallest absolute Gasteiger partial charge is 0.257 e. The fourth-order valence-electron chi connectivity index (χ4n) is 2.30. The summed E-state index contributed by atoms with van der Waals surface area (Å²) in [6, 6.07) is 19.2. The third-order valence-corrected chi connectivity index (χ3v) is 3.51. The molecule has 0 spiro atoms. The molecule has 0 aliphatic carbocycles. The van der Waals surface area contributed by atoms with Crippen molar-refractivity contribution in [3.63, 3.8) is 0 Å². The van der Waals surface area contributed by atoms with E-state index in [1.807, 2.05) is 67.6 Å². The van der Waals surface area contributed by atoms with Crippen LogP contribution in [0.25, 0.3) is 11.3 Å². The maximum absolute atomic E-state index is 12.5. The second-order valence-electron chi connectivity index (χ2n) is 5.05. The molecule has 1 aromatic heterocycles. The minimum Gasteiger partial charge on any atom is -0.363 e. The highest BCUT2D eigenvalue weighted by atomic mass is 16.5. The Kier molecular flexibility index (Phi) is 4.01. The van der Waals surface area contributed by atoms with Gasteiger partial charge in [0.25, 0.3) is 5.91 Å². The molecule has 0 bridgehead atoms. The molecule has 22 heavy (non-hydrogen) atoms. The predicted octanol–water partition coefficient (Wildman–Crippen LogP) is 3.83. The van der Waals surface area contributed by atoms with Gasteiger partial charge in [-0.2, -0.15) is 0 Å². The van der Waals surface area contributed by atoms with Gasteiger partial charge in [-0.15, -0.1) is 0 Å². The maximum atomic E-state index is 12.5. The van der Waals surface area contributed by atoms with E-state index in [1.165, 1.54) is 6.26 Å². The molecule has 1 heterocycles. The highest BCUT2D eigenvalue weighted by Gasteiger charge is 2.19. The molecule has 1 N–H and O–H groups in total. The molecule has 2 aromatic carbocycles. The number of hydrogen-bond donors (Lipinski definition) is 1. The zero-order chi connectivity index (χ0) is 15.4. The molecule has 1 unspecified atom stereocenters. The number of hydrogen-bond acceptors (Lipinski definition) is 3. The molecule has 0 radical (unpaired) electrons. The molecule has 1 amide bonds. The van der Waals surface area contributed by atoms with E-state index in [0.29, 0.717) is 11.3 Å². The fourth-order valence-corrected chi connectivity index (χ4v) is 2.30. The Morgan fingerprint density at radius 3 is 2.36 bits per heavy atom. The van der Waals surface area contributed by atoms with E-state index in [1.54, 1.807) is 0 Å². The van der Waals surface area contributed by atoms with Crippen molar-refractivity contribution in [2.45, 2.75) is 13.0 Å². The number of carbonyl (C=O) groups is 1. The molecule has 0 saturated carbocycles. The van der Waals surface area contributed by atoms with Crippen molar-refractivity contribution in [3.8, 4) is 11.3 Å². The molecule has 0 fully saturated rings. The standard InChI is InChI=1S/C18H16N2O2/c1-13(14-8-4-2-5-9-14)19-18(21)16-12-22-20-17(16)15-10-6-3-7-11-15/h2-13H,1H3,(H,19,21). The summed E-state index contributed by atoms with van der Waals surface area (Å²) in [7, 11) is 0. The Labute approximate surface area is 128 Å². The summed E-state index contributed by atoms with van der Waals surface area (Å²) in [5, 5.41) is 6.92. The van der Waals surface area contributed by atoms with Gasteiger partial charge in [0.05, 0.1) is 6.04 Å². The number of benzene rings is 2. The predicted molar refractivity (Wildman–Crippen MR) is 84.3 cm³/mol. The van der Waals surface area contributed by atoms with E-state index in [2.05, 4.69) is 10.5 Å². The van der Waals surface area contributed by atoms with Crippen LogP contribution in [0, 0.1) is 0 Å². The number of aromatic nitrogens is 1. The third-order valence-electron chi connectivity index (χ3n) is 3.51. The van der Waals surface area contributed by atoms with Crippen molar-refractivity contribution in [2.75, 3.05) is 0 Å². The summed E-state index contributed by atoms with van der Waals surface area (Å²) in [6.07, 6.45) is 1.38. The van der Waals surface area contributed by atoms with Gasteiger partial charge in [0.2, 0.25) is 0 Å². The number of rotatable bonds is 4. The first-order valence-electron chi connectivity index (χ1n) is 7.11. The first-order valence-corrected chi connectivity index (χ1v) is 7.11. The quantitative estimate of drug-likeness (QED) is 0.795. The number of carbonyl (C=O) groups excluding carboxylic acids is 1. The van der Waals surface area contributed by atoms with Crippen molar-refractivity contribution in [2.24, 2.45) is 0 Å². The Hall–Kier alpha value is -2.88. The van der Waals surface area contributed by atoms with Crippen molar-refractivity contribution >= 4 is 5.91 Å². The zero-order valence-corrected chi connectivity index (χ0v) is 12.2. The largest absolute Gasteiger partial charge is 0.363 e. The summed E-state index contributed by atoms with van der Waals surface area (Å²) in [5.74, 6) is -0.198. The lowest BCUT2D eigenvalue weighted by atomic mass is 10.1. The van der Waals surface area contributed by atoms with Crippen LogP contribution in [0.5, 0.6) is 0 Å². The SMILES string of the molecule is CC(NC(=O)c1conc1-c1ccccc1)c1ccccc1. The van der Waals surface area contributed by atoms with Gasteiger partial charge in [0, 0.05) is 5.56 Å². The minimum absolute atomic E-state index is 0.0905. The highest BCUT2D eigenvalue weighted by Crippen LogP contribution is 2.22. The first kappa shape index (κ1) is 14.1. The normalized spacial score (nSPS) is 11.9. The van der Waals surface area contributed by atoms with E-state index in [9.17, 15) is 4.79 Å².